The number of benzene rings is 1. The minimum absolute atomic E-state index is 0.145. The third kappa shape index (κ3) is 4.39. The summed E-state index contributed by atoms with van der Waals surface area (Å²) in [4.78, 5) is 12.2. The molecule has 0 atom stereocenters. The molecular formula is C16H16ClF2N3O2. The number of rotatable bonds is 7. The molecule has 1 aromatic heterocycles. The molecule has 0 fully saturated rings. The van der Waals surface area contributed by atoms with Crippen molar-refractivity contribution in [2.45, 2.75) is 6.92 Å². The Hall–Kier alpha value is -2.25. The molecular weight excluding hydrogens is 340 g/mol. The second-order valence-electron chi connectivity index (χ2n) is 5.12. The topological polar surface area (TPSA) is 56.1 Å². The number of nitrogens with one attached hydrogen (secondary N) is 1. The first kappa shape index (κ1) is 18.1. The van der Waals surface area contributed by atoms with Crippen LogP contribution in [0.1, 0.15) is 6.92 Å². The third-order valence-electron chi connectivity index (χ3n) is 2.97. The zero-order chi connectivity index (χ0) is 17.7. The van der Waals surface area contributed by atoms with E-state index >= 15 is 0 Å². The second-order valence-corrected chi connectivity index (χ2v) is 5.50. The lowest BCUT2D eigenvalue weighted by Gasteiger charge is -2.11. The van der Waals surface area contributed by atoms with Gasteiger partial charge in [0.05, 0.1) is 25.1 Å². The van der Waals surface area contributed by atoms with Crippen LogP contribution in [-0.4, -0.2) is 29.5 Å². The Labute approximate surface area is 142 Å². The number of halogens is 3. The van der Waals surface area contributed by atoms with Crippen LogP contribution >= 0.6 is 11.6 Å². The van der Waals surface area contributed by atoms with Gasteiger partial charge in [-0.1, -0.05) is 23.8 Å². The fraction of sp³-hybridized carbons (Fsp3) is 0.250. The molecule has 0 saturated heterocycles. The second kappa shape index (κ2) is 8.03. The van der Waals surface area contributed by atoms with Crippen molar-refractivity contribution in [3.63, 3.8) is 0 Å². The third-order valence-corrected chi connectivity index (χ3v) is 3.33. The smallest absolute Gasteiger partial charge is 0.292 e. The summed E-state index contributed by atoms with van der Waals surface area (Å²) in [5.74, 6) is -1.65. The van der Waals surface area contributed by atoms with Crippen LogP contribution in [-0.2, 0) is 4.74 Å². The van der Waals surface area contributed by atoms with Gasteiger partial charge in [0.1, 0.15) is 16.5 Å². The lowest BCUT2D eigenvalue weighted by molar-refractivity contribution is 0.167. The minimum Gasteiger partial charge on any atom is -0.380 e. The number of hydrogen-bond donors (Lipinski definition) is 1. The summed E-state index contributed by atoms with van der Waals surface area (Å²) in [6.45, 7) is 6.80. The molecule has 0 spiro atoms. The van der Waals surface area contributed by atoms with Crippen LogP contribution in [0, 0.1) is 11.6 Å². The zero-order valence-corrected chi connectivity index (χ0v) is 13.7. The van der Waals surface area contributed by atoms with E-state index in [-0.39, 0.29) is 10.7 Å². The van der Waals surface area contributed by atoms with Crippen LogP contribution in [0.5, 0.6) is 0 Å². The van der Waals surface area contributed by atoms with E-state index in [4.69, 9.17) is 16.3 Å². The number of ether oxygens (including phenoxy) is 1. The summed E-state index contributed by atoms with van der Waals surface area (Å²) in [6.07, 6.45) is 1.30. The molecule has 0 unspecified atom stereocenters. The van der Waals surface area contributed by atoms with Gasteiger partial charge in [-0.2, -0.15) is 9.78 Å². The van der Waals surface area contributed by atoms with Crippen LogP contribution in [0.15, 0.2) is 41.3 Å². The van der Waals surface area contributed by atoms with Gasteiger partial charge in [-0.15, -0.1) is 0 Å². The average molecular weight is 356 g/mol. The Morgan fingerprint density at radius 1 is 1.46 bits per heavy atom. The van der Waals surface area contributed by atoms with Crippen molar-refractivity contribution < 1.29 is 13.5 Å². The van der Waals surface area contributed by atoms with Gasteiger partial charge < -0.3 is 10.1 Å². The van der Waals surface area contributed by atoms with E-state index in [1.807, 2.05) is 6.92 Å². The standard InChI is InChI=1S/C16H16ClF2N3O2/c1-10(2)9-24-6-5-20-13-8-21-22(16(23)15(13)17)14-4-3-11(18)7-12(14)19/h3-4,7-8,20H,1,5-6,9H2,2H3. The van der Waals surface area contributed by atoms with Crippen LogP contribution in [0.25, 0.3) is 5.69 Å². The van der Waals surface area contributed by atoms with Crippen LogP contribution in [0.2, 0.25) is 5.02 Å². The highest BCUT2D eigenvalue weighted by atomic mass is 35.5. The first-order valence-corrected chi connectivity index (χ1v) is 7.47. The van der Waals surface area contributed by atoms with Crippen LogP contribution in [0.4, 0.5) is 14.5 Å². The summed E-state index contributed by atoms with van der Waals surface area (Å²) in [5, 5.41) is 6.64. The Morgan fingerprint density at radius 2 is 2.21 bits per heavy atom. The van der Waals surface area contributed by atoms with Crippen LogP contribution < -0.4 is 10.9 Å². The lowest BCUT2D eigenvalue weighted by atomic mass is 10.3. The van der Waals surface area contributed by atoms with Gasteiger partial charge in [-0.05, 0) is 19.1 Å². The Bertz CT molecular complexity index is 808. The van der Waals surface area contributed by atoms with Gasteiger partial charge in [-0.25, -0.2) is 8.78 Å². The number of nitrogens with zero attached hydrogens (tertiary/aromatic N) is 2. The highest BCUT2D eigenvalue weighted by Gasteiger charge is 2.13. The van der Waals surface area contributed by atoms with Gasteiger partial charge >= 0.3 is 0 Å². The maximum Gasteiger partial charge on any atom is 0.292 e. The first-order valence-electron chi connectivity index (χ1n) is 7.09. The highest BCUT2D eigenvalue weighted by molar-refractivity contribution is 6.32. The SMILES string of the molecule is C=C(C)COCCNc1cnn(-c2ccc(F)cc2F)c(=O)c1Cl. The summed E-state index contributed by atoms with van der Waals surface area (Å²) < 4.78 is 32.8. The molecule has 0 aliphatic heterocycles. The van der Waals surface area contributed by atoms with Crippen LogP contribution in [0.3, 0.4) is 0 Å². The molecule has 5 nitrogen and oxygen atoms in total. The molecule has 24 heavy (non-hydrogen) atoms. The first-order chi connectivity index (χ1) is 11.4. The van der Waals surface area contributed by atoms with Gasteiger partial charge in [0.25, 0.3) is 5.56 Å². The normalized spacial score (nSPS) is 10.7. The molecule has 0 bridgehead atoms. The molecule has 8 heteroatoms. The molecule has 1 heterocycles. The molecule has 0 radical (unpaired) electrons. The van der Waals surface area contributed by atoms with E-state index in [1.54, 1.807) is 0 Å². The summed E-state index contributed by atoms with van der Waals surface area (Å²) in [5.41, 5.74) is 0.313. The molecule has 128 valence electrons. The Balaban J connectivity index is 2.14. The van der Waals surface area contributed by atoms with Gasteiger partial charge in [-0.3, -0.25) is 4.79 Å². The van der Waals surface area contributed by atoms with Crippen molar-refractivity contribution in [3.8, 4) is 5.69 Å². The molecule has 0 aliphatic rings. The molecule has 0 saturated carbocycles. The predicted molar refractivity (Wildman–Crippen MR) is 88.9 cm³/mol. The van der Waals surface area contributed by atoms with Crippen molar-refractivity contribution >= 4 is 17.3 Å². The largest absolute Gasteiger partial charge is 0.380 e. The zero-order valence-electron chi connectivity index (χ0n) is 13.0. The molecule has 2 rings (SSSR count). The number of anilines is 1. The van der Waals surface area contributed by atoms with E-state index in [2.05, 4.69) is 17.0 Å². The lowest BCUT2D eigenvalue weighted by Crippen LogP contribution is -2.24. The molecule has 1 aromatic carbocycles. The maximum absolute atomic E-state index is 13.8. The van der Waals surface area contributed by atoms with E-state index in [0.29, 0.717) is 31.5 Å². The van der Waals surface area contributed by atoms with Gasteiger partial charge in [0.2, 0.25) is 0 Å². The van der Waals surface area contributed by atoms with E-state index in [1.165, 1.54) is 6.20 Å². The van der Waals surface area contributed by atoms with Crippen molar-refractivity contribution in [2.75, 3.05) is 25.1 Å². The van der Waals surface area contributed by atoms with E-state index in [0.717, 1.165) is 22.4 Å². The van der Waals surface area contributed by atoms with E-state index in [9.17, 15) is 13.6 Å². The molecule has 2 aromatic rings. The summed E-state index contributed by atoms with van der Waals surface area (Å²) in [7, 11) is 0. The van der Waals surface area contributed by atoms with Crippen molar-refractivity contribution in [1.82, 2.24) is 9.78 Å². The van der Waals surface area contributed by atoms with Gasteiger partial charge in [0.15, 0.2) is 5.82 Å². The quantitative estimate of drug-likeness (QED) is 0.612. The van der Waals surface area contributed by atoms with Crippen molar-refractivity contribution in [1.29, 1.82) is 0 Å². The Morgan fingerprint density at radius 3 is 2.88 bits per heavy atom. The monoisotopic (exact) mass is 355 g/mol. The molecule has 1 N–H and O–H groups in total. The van der Waals surface area contributed by atoms with Gasteiger partial charge in [0, 0.05) is 12.6 Å². The molecule has 0 amide bonds. The van der Waals surface area contributed by atoms with Crippen molar-refractivity contribution in [3.05, 3.63) is 63.6 Å². The summed E-state index contributed by atoms with van der Waals surface area (Å²) in [6, 6.07) is 2.82. The number of hydrogen-bond acceptors (Lipinski definition) is 4. The predicted octanol–water partition coefficient (Wildman–Crippen LogP) is 3.17. The Kier molecular flexibility index (Phi) is 6.05. The summed E-state index contributed by atoms with van der Waals surface area (Å²) >= 11 is 6.01. The minimum atomic E-state index is -0.908. The highest BCUT2D eigenvalue weighted by Crippen LogP contribution is 2.18. The number of aromatic nitrogens is 2. The maximum atomic E-state index is 13.8. The van der Waals surface area contributed by atoms with E-state index < -0.39 is 17.2 Å². The van der Waals surface area contributed by atoms with Crippen molar-refractivity contribution in [2.24, 2.45) is 0 Å². The fourth-order valence-corrected chi connectivity index (χ4v) is 2.08. The fourth-order valence-electron chi connectivity index (χ4n) is 1.88. The molecule has 0 aliphatic carbocycles. The average Bonchev–Trinajstić information content (AvgIpc) is 2.52.